The molecule has 0 bridgehead atoms. The molecule has 3 N–H and O–H groups in total. The van der Waals surface area contributed by atoms with Crippen LogP contribution in [0, 0.1) is 6.92 Å². The molecule has 19 heteroatoms. The summed E-state index contributed by atoms with van der Waals surface area (Å²) in [5.41, 5.74) is 7.02. The molecule has 0 spiro atoms. The number of carbonyl (C=O) groups is 3. The molecule has 17 nitrogen and oxygen atoms in total. The number of piperidine rings is 2. The SMILES string of the molecule is CCc1cc(Nc2ncc(Br)c(Nc3ccc4nc(C)ccc4c3P(C)(C)=O)n2)c(OC)cc1N1CCC(N2CCN(C(=O)Cc3cccc4c3n(C)c(=O)n4C3CCC(=O)NC3=O)CC2)CC1. The Bertz CT molecular complexity index is 3080. The Hall–Kier alpha value is -6.10. The average Bonchev–Trinajstić information content (AvgIpc) is 3.58. The number of aromatic nitrogens is 5. The highest BCUT2D eigenvalue weighted by Gasteiger charge is 2.33. The highest BCUT2D eigenvalue weighted by Crippen LogP contribution is 2.42. The van der Waals surface area contributed by atoms with E-state index in [1.165, 1.54) is 14.7 Å². The lowest BCUT2D eigenvalue weighted by molar-refractivity contribution is -0.136. The molecule has 0 radical (unpaired) electrons. The minimum absolute atomic E-state index is 0.00426. The number of imide groups is 1. The van der Waals surface area contributed by atoms with Crippen molar-refractivity contribution >= 4 is 96.9 Å². The van der Waals surface area contributed by atoms with Gasteiger partial charge in [-0.3, -0.25) is 38.7 Å². The van der Waals surface area contributed by atoms with Crippen LogP contribution in [0.3, 0.4) is 0 Å². The molecule has 1 atom stereocenters. The van der Waals surface area contributed by atoms with Crippen LogP contribution in [0.4, 0.5) is 28.8 Å². The fourth-order valence-corrected chi connectivity index (χ4v) is 11.9. The molecule has 3 amide bonds. The van der Waals surface area contributed by atoms with Gasteiger partial charge in [-0.05, 0) is 103 Å². The molecular weight excluding hydrogens is 949 g/mol. The molecule has 356 valence electrons. The smallest absolute Gasteiger partial charge is 0.329 e. The van der Waals surface area contributed by atoms with Crippen molar-refractivity contribution in [3.63, 3.8) is 0 Å². The van der Waals surface area contributed by atoms with Gasteiger partial charge in [0.25, 0.3) is 0 Å². The van der Waals surface area contributed by atoms with E-state index in [0.29, 0.717) is 63.1 Å². The number of benzene rings is 3. The average molecular weight is 1010 g/mol. The number of fused-ring (bicyclic) bond motifs is 2. The van der Waals surface area contributed by atoms with Gasteiger partial charge in [-0.25, -0.2) is 9.78 Å². The number of pyridine rings is 1. The van der Waals surface area contributed by atoms with E-state index in [0.717, 1.165) is 79.0 Å². The van der Waals surface area contributed by atoms with Crippen LogP contribution < -0.4 is 36.6 Å². The largest absolute Gasteiger partial charge is 0.494 e. The number of carbonyl (C=O) groups excluding carboxylic acids is 3. The summed E-state index contributed by atoms with van der Waals surface area (Å²) in [4.78, 5) is 72.7. The maximum Gasteiger partial charge on any atom is 0.329 e. The number of imidazole rings is 1. The number of halogens is 1. The fraction of sp³-hybridized carbons (Fsp3) is 0.408. The van der Waals surface area contributed by atoms with Gasteiger partial charge in [-0.1, -0.05) is 25.1 Å². The quantitative estimate of drug-likeness (QED) is 0.0905. The molecule has 1 unspecified atom stereocenters. The van der Waals surface area contributed by atoms with Crippen LogP contribution in [-0.2, 0) is 38.8 Å². The van der Waals surface area contributed by atoms with Gasteiger partial charge in [0.15, 0.2) is 0 Å². The normalized spacial score (nSPS) is 17.5. The van der Waals surface area contributed by atoms with Crippen molar-refractivity contribution in [1.82, 2.24) is 39.2 Å². The Kier molecular flexibility index (Phi) is 13.2. The number of aryl methyl sites for hydroxylation is 3. The molecule has 3 aliphatic heterocycles. The maximum absolute atomic E-state index is 13.8. The van der Waals surface area contributed by atoms with E-state index in [4.69, 9.17) is 9.72 Å². The molecule has 3 aliphatic rings. The van der Waals surface area contributed by atoms with Gasteiger partial charge in [0.2, 0.25) is 23.7 Å². The number of nitrogens with zero attached hydrogens (tertiary/aromatic N) is 8. The second-order valence-corrected chi connectivity index (χ2v) is 22.3. The third-order valence-corrected chi connectivity index (χ3v) is 15.7. The minimum atomic E-state index is -2.75. The van der Waals surface area contributed by atoms with E-state index in [1.807, 2.05) is 48.2 Å². The molecule has 0 saturated carbocycles. The lowest BCUT2D eigenvalue weighted by Gasteiger charge is -2.43. The molecule has 3 aromatic heterocycles. The van der Waals surface area contributed by atoms with Crippen LogP contribution in [-0.4, -0.2) is 117 Å². The molecule has 6 aromatic rings. The van der Waals surface area contributed by atoms with Gasteiger partial charge in [0, 0.05) is 93.1 Å². The number of piperazine rings is 1. The predicted octanol–water partition coefficient (Wildman–Crippen LogP) is 6.39. The first-order valence-corrected chi connectivity index (χ1v) is 26.5. The predicted molar refractivity (Wildman–Crippen MR) is 270 cm³/mol. The fourth-order valence-electron chi connectivity index (χ4n) is 10.2. The Morgan fingerprint density at radius 3 is 2.40 bits per heavy atom. The number of amides is 3. The highest BCUT2D eigenvalue weighted by atomic mass is 79.9. The topological polar surface area (TPSA) is 189 Å². The Labute approximate surface area is 403 Å². The monoisotopic (exact) mass is 1010 g/mol. The highest BCUT2D eigenvalue weighted by molar-refractivity contribution is 9.10. The maximum atomic E-state index is 13.8. The number of para-hydroxylation sites is 1. The lowest BCUT2D eigenvalue weighted by Crippen LogP contribution is -2.54. The minimum Gasteiger partial charge on any atom is -0.494 e. The summed E-state index contributed by atoms with van der Waals surface area (Å²) in [6.45, 7) is 12.2. The first kappa shape index (κ1) is 47.0. The van der Waals surface area contributed by atoms with Crippen molar-refractivity contribution in [2.24, 2.45) is 7.05 Å². The van der Waals surface area contributed by atoms with Gasteiger partial charge >= 0.3 is 5.69 Å². The number of rotatable bonds is 12. The standard InChI is InChI=1S/C49H57BrN11O6P/c1-7-30-25-37(54-48-51-28-34(50)46(56-48)53-36-14-13-35-33(12-11-29(2)52-35)45(36)68(5,6)66)41(67-4)27-40(30)59-19-17-32(18-20-59)58-21-23-60(24-22-58)43(63)26-31-9-8-10-38-44(31)57(3)49(65)61(38)39-15-16-42(62)55-47(39)64/h8-14,25,27-28,32,39H,7,15-24,26H2,1-6H3,(H,55,62,64)(H2,51,53,54,56). The van der Waals surface area contributed by atoms with Crippen LogP contribution in [0.1, 0.15) is 55.5 Å². The molecule has 9 rings (SSSR count). The first-order chi connectivity index (χ1) is 32.6. The van der Waals surface area contributed by atoms with Gasteiger partial charge in [0.05, 0.1) is 45.9 Å². The molecule has 3 fully saturated rings. The van der Waals surface area contributed by atoms with Crippen molar-refractivity contribution in [3.8, 4) is 5.75 Å². The second-order valence-electron chi connectivity index (χ2n) is 18.3. The van der Waals surface area contributed by atoms with Gasteiger partial charge in [0.1, 0.15) is 24.8 Å². The van der Waals surface area contributed by atoms with Crippen LogP contribution in [0.25, 0.3) is 21.9 Å². The summed E-state index contributed by atoms with van der Waals surface area (Å²) in [5, 5.41) is 10.7. The molecular formula is C49H57BrN11O6P. The Balaban J connectivity index is 0.830. The van der Waals surface area contributed by atoms with Gasteiger partial charge in [-0.2, -0.15) is 4.98 Å². The molecule has 3 aromatic carbocycles. The molecule has 0 aliphatic carbocycles. The van der Waals surface area contributed by atoms with E-state index >= 15 is 0 Å². The van der Waals surface area contributed by atoms with E-state index in [-0.39, 0.29) is 36.8 Å². The number of methoxy groups -OCH3 is 1. The Morgan fingerprint density at radius 2 is 1.69 bits per heavy atom. The first-order valence-electron chi connectivity index (χ1n) is 23.1. The van der Waals surface area contributed by atoms with Crippen molar-refractivity contribution in [3.05, 3.63) is 92.6 Å². The summed E-state index contributed by atoms with van der Waals surface area (Å²) >= 11 is 3.61. The zero-order valence-electron chi connectivity index (χ0n) is 39.3. The van der Waals surface area contributed by atoms with E-state index in [2.05, 4.69) is 70.7 Å². The van der Waals surface area contributed by atoms with E-state index in [9.17, 15) is 23.7 Å². The summed E-state index contributed by atoms with van der Waals surface area (Å²) < 4.78 is 23.2. The number of hydrogen-bond donors (Lipinski definition) is 3. The summed E-state index contributed by atoms with van der Waals surface area (Å²) in [7, 11) is 0.578. The van der Waals surface area contributed by atoms with Gasteiger partial charge < -0.3 is 29.7 Å². The van der Waals surface area contributed by atoms with Crippen molar-refractivity contribution in [2.45, 2.75) is 64.5 Å². The number of hydrogen-bond acceptors (Lipinski definition) is 13. The summed E-state index contributed by atoms with van der Waals surface area (Å²) in [5.74, 6) is 0.734. The van der Waals surface area contributed by atoms with E-state index in [1.54, 1.807) is 39.8 Å². The van der Waals surface area contributed by atoms with Crippen molar-refractivity contribution in [2.75, 3.05) is 75.2 Å². The Morgan fingerprint density at radius 1 is 0.926 bits per heavy atom. The number of ether oxygens (including phenoxy) is 1. The van der Waals surface area contributed by atoms with Crippen LogP contribution >= 0.6 is 23.1 Å². The third kappa shape index (κ3) is 9.25. The lowest BCUT2D eigenvalue weighted by atomic mass is 9.99. The summed E-state index contributed by atoms with van der Waals surface area (Å²) in [6, 6.07) is 17.0. The zero-order valence-corrected chi connectivity index (χ0v) is 41.7. The number of nitrogens with one attached hydrogen (secondary N) is 3. The molecule has 6 heterocycles. The van der Waals surface area contributed by atoms with Crippen LogP contribution in [0.5, 0.6) is 5.75 Å². The van der Waals surface area contributed by atoms with Crippen LogP contribution in [0.15, 0.2) is 70.1 Å². The van der Waals surface area contributed by atoms with Crippen molar-refractivity contribution < 1.29 is 23.7 Å². The summed E-state index contributed by atoms with van der Waals surface area (Å²) in [6.07, 6.45) is 5.02. The van der Waals surface area contributed by atoms with E-state index < -0.39 is 19.1 Å². The second kappa shape index (κ2) is 19.1. The molecule has 68 heavy (non-hydrogen) atoms. The van der Waals surface area contributed by atoms with Gasteiger partial charge in [-0.15, -0.1) is 0 Å². The molecule has 3 saturated heterocycles. The van der Waals surface area contributed by atoms with Crippen molar-refractivity contribution in [1.29, 1.82) is 0 Å². The number of anilines is 5. The zero-order chi connectivity index (χ0) is 48.0. The third-order valence-electron chi connectivity index (χ3n) is 13.6. The van der Waals surface area contributed by atoms with Crippen LogP contribution in [0.2, 0.25) is 0 Å².